The van der Waals surface area contributed by atoms with Crippen molar-refractivity contribution in [1.29, 1.82) is 0 Å². The molecule has 1 amide bonds. The number of pyridine rings is 1. The molecule has 0 atom stereocenters. The number of hydroxylamine groups is 1. The molecule has 0 aliphatic carbocycles. The van der Waals surface area contributed by atoms with Gasteiger partial charge in [-0.05, 0) is 88.7 Å². The molecule has 4 heterocycles. The number of nitrogens with zero attached hydrogens (tertiary/aromatic N) is 8. The number of nitrogens with two attached hydrogens (primary N) is 1. The number of primary sulfonamides is 1. The molecule has 0 aliphatic heterocycles. The standard InChI is InChI=1S/C21H23N7O2S.C20H23ClN6O2/c1-13-5-6-15(11-19(13)31(22,29)30)24-21-23-10-9-20(25-21)27(3)16-7-8-17-14(2)28(4)26-18(17)12-16;1-12(2)27-19(9-13(3)25-27)24-18-10-17(15(21)11-22-18)23-16-8-6-5-7-14(16)20(28)26-29-4/h5-12H,1-4H3,(H2,22,29,30)(H,23,24,25);5-12H,1-4H3,(H,26,28)(H2,22,23,24). The number of anilines is 8. The maximum Gasteiger partial charge on any atom is 0.276 e. The molecular weight excluding hydrogens is 806 g/mol. The van der Waals surface area contributed by atoms with Crippen LogP contribution in [0.2, 0.25) is 5.02 Å². The minimum atomic E-state index is -3.82. The third kappa shape index (κ3) is 9.98. The first-order chi connectivity index (χ1) is 28.5. The van der Waals surface area contributed by atoms with Crippen LogP contribution >= 0.6 is 11.6 Å². The van der Waals surface area contributed by atoms with Crippen LogP contribution in [-0.2, 0) is 21.9 Å². The van der Waals surface area contributed by atoms with Gasteiger partial charge in [-0.1, -0.05) is 29.8 Å². The molecule has 0 saturated heterocycles. The predicted molar refractivity (Wildman–Crippen MR) is 235 cm³/mol. The molecule has 0 aliphatic rings. The van der Waals surface area contributed by atoms with Crippen molar-refractivity contribution in [2.45, 2.75) is 45.6 Å². The maximum absolute atomic E-state index is 12.2. The summed E-state index contributed by atoms with van der Waals surface area (Å²) in [5, 5.41) is 25.4. The number of nitrogens with one attached hydrogen (secondary N) is 4. The van der Waals surface area contributed by atoms with E-state index >= 15 is 0 Å². The number of halogens is 1. The summed E-state index contributed by atoms with van der Waals surface area (Å²) in [5.41, 5.74) is 8.89. The van der Waals surface area contributed by atoms with Crippen LogP contribution in [-0.4, -0.2) is 63.0 Å². The van der Waals surface area contributed by atoms with Crippen LogP contribution in [0.5, 0.6) is 0 Å². The molecule has 312 valence electrons. The molecule has 3 aromatic carbocycles. The van der Waals surface area contributed by atoms with Gasteiger partial charge in [0, 0.05) is 60.9 Å². The fraction of sp³-hybridized carbons (Fsp3) is 0.220. The van der Waals surface area contributed by atoms with E-state index in [0.29, 0.717) is 50.8 Å². The van der Waals surface area contributed by atoms with Crippen molar-refractivity contribution in [2.24, 2.45) is 12.2 Å². The Bertz CT molecular complexity index is 2790. The van der Waals surface area contributed by atoms with Crippen LogP contribution in [0.25, 0.3) is 10.9 Å². The van der Waals surface area contributed by atoms with Gasteiger partial charge >= 0.3 is 0 Å². The van der Waals surface area contributed by atoms with Gasteiger partial charge in [-0.15, -0.1) is 0 Å². The van der Waals surface area contributed by atoms with Crippen molar-refractivity contribution in [3.05, 3.63) is 119 Å². The Labute approximate surface area is 353 Å². The monoisotopic (exact) mass is 851 g/mol. The van der Waals surface area contributed by atoms with Gasteiger partial charge < -0.3 is 20.9 Å². The van der Waals surface area contributed by atoms with Crippen LogP contribution in [0, 0.1) is 20.8 Å². The zero-order valence-corrected chi connectivity index (χ0v) is 35.9. The number of amides is 1. The summed E-state index contributed by atoms with van der Waals surface area (Å²) in [6, 6.07) is 23.8. The minimum Gasteiger partial charge on any atom is -0.353 e. The zero-order chi connectivity index (χ0) is 43.3. The Hall–Kier alpha value is -6.60. The van der Waals surface area contributed by atoms with E-state index in [-0.39, 0.29) is 16.8 Å². The first-order valence-electron chi connectivity index (χ1n) is 18.6. The first-order valence-corrected chi connectivity index (χ1v) is 20.5. The Morgan fingerprint density at radius 1 is 0.917 bits per heavy atom. The van der Waals surface area contributed by atoms with E-state index < -0.39 is 10.0 Å². The van der Waals surface area contributed by atoms with Gasteiger partial charge in [0.25, 0.3) is 5.91 Å². The lowest BCUT2D eigenvalue weighted by Crippen LogP contribution is -2.22. The second-order valence-electron chi connectivity index (χ2n) is 14.0. The van der Waals surface area contributed by atoms with Gasteiger partial charge in [0.05, 0.1) is 51.4 Å². The Balaban J connectivity index is 0.000000202. The number of fused-ring (bicyclic) bond motifs is 1. The number of benzene rings is 3. The smallest absolute Gasteiger partial charge is 0.276 e. The molecule has 6 N–H and O–H groups in total. The fourth-order valence-corrected chi connectivity index (χ4v) is 7.15. The number of sulfonamides is 1. The number of carbonyl (C=O) groups excluding carboxylic acids is 1. The molecule has 17 nitrogen and oxygen atoms in total. The molecule has 0 bridgehead atoms. The molecule has 0 spiro atoms. The molecule has 0 radical (unpaired) electrons. The Morgan fingerprint density at radius 2 is 1.68 bits per heavy atom. The summed E-state index contributed by atoms with van der Waals surface area (Å²) in [7, 11) is 1.40. The molecule has 7 aromatic rings. The summed E-state index contributed by atoms with van der Waals surface area (Å²) in [4.78, 5) is 32.1. The normalized spacial score (nSPS) is 11.2. The number of aromatic nitrogens is 7. The van der Waals surface area contributed by atoms with E-state index in [1.807, 2.05) is 72.5 Å². The lowest BCUT2D eigenvalue weighted by molar-refractivity contribution is 0.0538. The van der Waals surface area contributed by atoms with Crippen LogP contribution in [0.3, 0.4) is 0 Å². The van der Waals surface area contributed by atoms with Gasteiger partial charge in [-0.25, -0.2) is 33.7 Å². The second kappa shape index (κ2) is 18.1. The summed E-state index contributed by atoms with van der Waals surface area (Å²) in [6.07, 6.45) is 3.19. The second-order valence-corrected chi connectivity index (χ2v) is 16.0. The SMILES string of the molecule is CONC(=O)c1ccccc1Nc1cc(Nc2cc(C)nn2C(C)C)ncc1Cl.Cc1ccc(Nc2nccc(N(C)c3ccc4c(C)n(C)nc4c3)n2)cc1S(N)(=O)=O. The maximum atomic E-state index is 12.2. The highest BCUT2D eigenvalue weighted by atomic mass is 35.5. The van der Waals surface area contributed by atoms with E-state index in [1.165, 1.54) is 13.2 Å². The van der Waals surface area contributed by atoms with E-state index in [4.69, 9.17) is 21.6 Å². The summed E-state index contributed by atoms with van der Waals surface area (Å²) >= 11 is 6.33. The number of hydrogen-bond acceptors (Lipinski definition) is 13. The first kappa shape index (κ1) is 43.0. The van der Waals surface area contributed by atoms with Crippen LogP contribution in [0.4, 0.5) is 46.2 Å². The third-order valence-corrected chi connectivity index (χ3v) is 10.7. The number of hydrogen-bond donors (Lipinski definition) is 5. The van der Waals surface area contributed by atoms with Crippen molar-refractivity contribution >= 4 is 84.6 Å². The highest BCUT2D eigenvalue weighted by molar-refractivity contribution is 7.89. The highest BCUT2D eigenvalue weighted by Gasteiger charge is 2.16. The summed E-state index contributed by atoms with van der Waals surface area (Å²) < 4.78 is 27.3. The molecule has 4 aromatic heterocycles. The van der Waals surface area contributed by atoms with Gasteiger partial charge in [0.2, 0.25) is 16.0 Å². The summed E-state index contributed by atoms with van der Waals surface area (Å²) in [5.74, 6) is 2.07. The van der Waals surface area contributed by atoms with Crippen LogP contribution < -0.4 is 31.5 Å². The predicted octanol–water partition coefficient (Wildman–Crippen LogP) is 7.74. The van der Waals surface area contributed by atoms with E-state index in [0.717, 1.165) is 33.8 Å². The average Bonchev–Trinajstić information content (AvgIpc) is 3.73. The molecule has 7 rings (SSSR count). The number of carbonyl (C=O) groups is 1. The lowest BCUT2D eigenvalue weighted by Gasteiger charge is -2.19. The zero-order valence-electron chi connectivity index (χ0n) is 34.3. The van der Waals surface area contributed by atoms with Gasteiger partial charge in [-0.3, -0.25) is 14.3 Å². The molecule has 0 fully saturated rings. The fourth-order valence-electron chi connectivity index (χ4n) is 6.19. The molecule has 0 unspecified atom stereocenters. The van der Waals surface area contributed by atoms with Gasteiger partial charge in [0.15, 0.2) is 0 Å². The van der Waals surface area contributed by atoms with Crippen molar-refractivity contribution in [3.63, 3.8) is 0 Å². The van der Waals surface area contributed by atoms with Crippen molar-refractivity contribution in [3.8, 4) is 0 Å². The Kier molecular flexibility index (Phi) is 13.0. The third-order valence-electron chi connectivity index (χ3n) is 9.33. The largest absolute Gasteiger partial charge is 0.353 e. The van der Waals surface area contributed by atoms with Gasteiger partial charge in [-0.2, -0.15) is 15.2 Å². The van der Waals surface area contributed by atoms with Crippen molar-refractivity contribution in [2.75, 3.05) is 35.0 Å². The van der Waals surface area contributed by atoms with Crippen LogP contribution in [0.15, 0.2) is 96.2 Å². The molecule has 60 heavy (non-hydrogen) atoms. The van der Waals surface area contributed by atoms with E-state index in [2.05, 4.69) is 60.4 Å². The molecule has 0 saturated carbocycles. The topological polar surface area (TPSA) is 212 Å². The lowest BCUT2D eigenvalue weighted by atomic mass is 10.1. The Morgan fingerprint density at radius 3 is 2.42 bits per heavy atom. The molecule has 19 heteroatoms. The quantitative estimate of drug-likeness (QED) is 0.0746. The van der Waals surface area contributed by atoms with Gasteiger partial charge in [0.1, 0.15) is 17.5 Å². The van der Waals surface area contributed by atoms with E-state index in [1.54, 1.807) is 61.8 Å². The highest BCUT2D eigenvalue weighted by Crippen LogP contribution is 2.31. The number of rotatable bonds is 12. The van der Waals surface area contributed by atoms with E-state index in [9.17, 15) is 13.2 Å². The molecular formula is C41H46ClN13O4S. The number of para-hydroxylation sites is 1. The van der Waals surface area contributed by atoms with Crippen molar-refractivity contribution < 1.29 is 18.0 Å². The average molecular weight is 852 g/mol. The van der Waals surface area contributed by atoms with Crippen LogP contribution in [0.1, 0.15) is 47.2 Å². The van der Waals surface area contributed by atoms with Crippen molar-refractivity contribution in [1.82, 2.24) is 40.0 Å². The number of aryl methyl sites for hydroxylation is 4. The summed E-state index contributed by atoms with van der Waals surface area (Å²) in [6.45, 7) is 9.78. The minimum absolute atomic E-state index is 0.0599.